The van der Waals surface area contributed by atoms with Gasteiger partial charge in [0, 0.05) is 6.54 Å². The van der Waals surface area contributed by atoms with Gasteiger partial charge in [-0.2, -0.15) is 0 Å². The topological polar surface area (TPSA) is 67.3 Å². The van der Waals surface area contributed by atoms with Gasteiger partial charge in [0.2, 0.25) is 0 Å². The SMILES string of the molecule is COC(=O)c1c(CN2CCCC2)[nH]n(-c2ccccc2)c1=O. The third-order valence-electron chi connectivity index (χ3n) is 3.95. The van der Waals surface area contributed by atoms with Gasteiger partial charge in [-0.25, -0.2) is 9.48 Å². The van der Waals surface area contributed by atoms with Gasteiger partial charge in [0.15, 0.2) is 0 Å². The van der Waals surface area contributed by atoms with Crippen molar-refractivity contribution in [1.29, 1.82) is 0 Å². The molecule has 1 aliphatic heterocycles. The number of carbonyl (C=O) groups is 1. The molecule has 116 valence electrons. The van der Waals surface area contributed by atoms with Crippen LogP contribution in [-0.4, -0.2) is 40.8 Å². The fourth-order valence-corrected chi connectivity index (χ4v) is 2.83. The average Bonchev–Trinajstić information content (AvgIpc) is 3.16. The lowest BCUT2D eigenvalue weighted by Gasteiger charge is -2.13. The predicted octanol–water partition coefficient (Wildman–Crippen LogP) is 1.55. The Hall–Kier alpha value is -2.34. The van der Waals surface area contributed by atoms with Crippen molar-refractivity contribution in [2.45, 2.75) is 19.4 Å². The second-order valence-electron chi connectivity index (χ2n) is 5.42. The van der Waals surface area contributed by atoms with Crippen molar-refractivity contribution < 1.29 is 9.53 Å². The van der Waals surface area contributed by atoms with Gasteiger partial charge < -0.3 is 4.74 Å². The number of H-pyrrole nitrogens is 1. The van der Waals surface area contributed by atoms with Crippen LogP contribution >= 0.6 is 0 Å². The number of rotatable bonds is 4. The molecule has 1 aliphatic rings. The average molecular weight is 301 g/mol. The Bertz CT molecular complexity index is 712. The summed E-state index contributed by atoms with van der Waals surface area (Å²) in [5, 5.41) is 3.07. The van der Waals surface area contributed by atoms with Gasteiger partial charge in [0.05, 0.1) is 18.5 Å². The van der Waals surface area contributed by atoms with E-state index in [1.807, 2.05) is 30.3 Å². The van der Waals surface area contributed by atoms with E-state index in [1.54, 1.807) is 0 Å². The molecule has 1 N–H and O–H groups in total. The fraction of sp³-hybridized carbons (Fsp3) is 0.375. The van der Waals surface area contributed by atoms with Crippen LogP contribution in [0.25, 0.3) is 5.69 Å². The maximum Gasteiger partial charge on any atom is 0.345 e. The summed E-state index contributed by atoms with van der Waals surface area (Å²) in [7, 11) is 1.29. The highest BCUT2D eigenvalue weighted by molar-refractivity contribution is 5.90. The highest BCUT2D eigenvalue weighted by Gasteiger charge is 2.24. The van der Waals surface area contributed by atoms with E-state index in [9.17, 15) is 9.59 Å². The van der Waals surface area contributed by atoms with E-state index in [-0.39, 0.29) is 11.1 Å². The zero-order chi connectivity index (χ0) is 15.5. The first-order valence-electron chi connectivity index (χ1n) is 7.40. The lowest BCUT2D eigenvalue weighted by molar-refractivity contribution is 0.0597. The number of para-hydroxylation sites is 1. The molecule has 0 aliphatic carbocycles. The van der Waals surface area contributed by atoms with Crippen molar-refractivity contribution in [1.82, 2.24) is 14.7 Å². The number of methoxy groups -OCH3 is 1. The number of aromatic amines is 1. The summed E-state index contributed by atoms with van der Waals surface area (Å²) in [6, 6.07) is 9.21. The monoisotopic (exact) mass is 301 g/mol. The summed E-state index contributed by atoms with van der Waals surface area (Å²) >= 11 is 0. The number of hydrogen-bond donors (Lipinski definition) is 1. The molecule has 0 saturated carbocycles. The first-order valence-corrected chi connectivity index (χ1v) is 7.40. The molecule has 6 heteroatoms. The van der Waals surface area contributed by atoms with Gasteiger partial charge in [0.25, 0.3) is 5.56 Å². The van der Waals surface area contributed by atoms with Crippen LogP contribution in [0.5, 0.6) is 0 Å². The molecule has 3 rings (SSSR count). The number of likely N-dealkylation sites (tertiary alicyclic amines) is 1. The van der Waals surface area contributed by atoms with Crippen LogP contribution < -0.4 is 5.56 Å². The van der Waals surface area contributed by atoms with Crippen LogP contribution in [0.2, 0.25) is 0 Å². The van der Waals surface area contributed by atoms with Crippen molar-refractivity contribution in [3.8, 4) is 5.69 Å². The minimum Gasteiger partial charge on any atom is -0.465 e. The number of ether oxygens (including phenoxy) is 1. The van der Waals surface area contributed by atoms with Crippen LogP contribution in [-0.2, 0) is 11.3 Å². The van der Waals surface area contributed by atoms with Crippen LogP contribution in [0, 0.1) is 0 Å². The highest BCUT2D eigenvalue weighted by atomic mass is 16.5. The second-order valence-corrected chi connectivity index (χ2v) is 5.42. The molecule has 0 amide bonds. The molecule has 2 heterocycles. The van der Waals surface area contributed by atoms with Gasteiger partial charge in [-0.05, 0) is 38.1 Å². The molecule has 1 aromatic carbocycles. The number of esters is 1. The van der Waals surface area contributed by atoms with E-state index in [0.29, 0.717) is 17.9 Å². The summed E-state index contributed by atoms with van der Waals surface area (Å²) in [5.74, 6) is -0.592. The number of hydrogen-bond acceptors (Lipinski definition) is 4. The number of aromatic nitrogens is 2. The molecule has 0 bridgehead atoms. The lowest BCUT2D eigenvalue weighted by atomic mass is 10.2. The molecule has 0 spiro atoms. The van der Waals surface area contributed by atoms with Gasteiger partial charge in [0.1, 0.15) is 5.56 Å². The minimum absolute atomic E-state index is 0.0956. The van der Waals surface area contributed by atoms with E-state index in [0.717, 1.165) is 25.9 Å². The lowest BCUT2D eigenvalue weighted by Crippen LogP contribution is -2.23. The van der Waals surface area contributed by atoms with Crippen molar-refractivity contribution >= 4 is 5.97 Å². The van der Waals surface area contributed by atoms with Crippen LogP contribution in [0.15, 0.2) is 35.1 Å². The highest BCUT2D eigenvalue weighted by Crippen LogP contribution is 2.15. The first-order chi connectivity index (χ1) is 10.7. The molecular weight excluding hydrogens is 282 g/mol. The summed E-state index contributed by atoms with van der Waals surface area (Å²) in [4.78, 5) is 26.8. The Balaban J connectivity index is 2.03. The maximum absolute atomic E-state index is 12.6. The van der Waals surface area contributed by atoms with E-state index in [4.69, 9.17) is 4.74 Å². The number of nitrogens with one attached hydrogen (secondary N) is 1. The summed E-state index contributed by atoms with van der Waals surface area (Å²) in [6.07, 6.45) is 2.30. The predicted molar refractivity (Wildman–Crippen MR) is 82.2 cm³/mol. The molecule has 6 nitrogen and oxygen atoms in total. The minimum atomic E-state index is -0.592. The van der Waals surface area contributed by atoms with Crippen molar-refractivity contribution in [3.05, 3.63) is 51.9 Å². The Morgan fingerprint density at radius 2 is 1.91 bits per heavy atom. The standard InChI is InChI=1S/C16H19N3O3/c1-22-16(21)14-13(11-18-9-5-6-10-18)17-19(15(14)20)12-7-3-2-4-8-12/h2-4,7-8,17H,5-6,9-11H2,1H3. The van der Waals surface area contributed by atoms with Gasteiger partial charge in [-0.3, -0.25) is 14.8 Å². The van der Waals surface area contributed by atoms with E-state index >= 15 is 0 Å². The molecule has 0 atom stereocenters. The van der Waals surface area contributed by atoms with Crippen LogP contribution in [0.1, 0.15) is 28.9 Å². The first kappa shape index (κ1) is 14.6. The molecule has 22 heavy (non-hydrogen) atoms. The Labute approximate surface area is 128 Å². The Morgan fingerprint density at radius 1 is 1.23 bits per heavy atom. The third-order valence-corrected chi connectivity index (χ3v) is 3.95. The zero-order valence-electron chi connectivity index (χ0n) is 12.5. The molecule has 1 saturated heterocycles. The normalized spacial score (nSPS) is 15.1. The largest absolute Gasteiger partial charge is 0.465 e. The van der Waals surface area contributed by atoms with Crippen LogP contribution in [0.4, 0.5) is 0 Å². The second kappa shape index (κ2) is 6.19. The molecular formula is C16H19N3O3. The summed E-state index contributed by atoms with van der Waals surface area (Å²) in [5.41, 5.74) is 1.04. The number of benzene rings is 1. The van der Waals surface area contributed by atoms with Gasteiger partial charge in [-0.15, -0.1) is 0 Å². The third kappa shape index (κ3) is 2.69. The van der Waals surface area contributed by atoms with Gasteiger partial charge in [-0.1, -0.05) is 18.2 Å². The zero-order valence-corrected chi connectivity index (χ0v) is 12.5. The molecule has 0 unspecified atom stereocenters. The van der Waals surface area contributed by atoms with E-state index < -0.39 is 5.97 Å². The molecule has 1 fully saturated rings. The molecule has 2 aromatic rings. The maximum atomic E-state index is 12.6. The van der Waals surface area contributed by atoms with Crippen molar-refractivity contribution in [2.75, 3.05) is 20.2 Å². The van der Waals surface area contributed by atoms with Crippen molar-refractivity contribution in [2.24, 2.45) is 0 Å². The van der Waals surface area contributed by atoms with Crippen molar-refractivity contribution in [3.63, 3.8) is 0 Å². The summed E-state index contributed by atoms with van der Waals surface area (Å²) in [6.45, 7) is 2.53. The van der Waals surface area contributed by atoms with E-state index in [2.05, 4.69) is 10.00 Å². The summed E-state index contributed by atoms with van der Waals surface area (Å²) < 4.78 is 6.18. The van der Waals surface area contributed by atoms with E-state index in [1.165, 1.54) is 11.8 Å². The quantitative estimate of drug-likeness (QED) is 0.870. The molecule has 0 radical (unpaired) electrons. The Morgan fingerprint density at radius 3 is 2.55 bits per heavy atom. The molecule has 1 aromatic heterocycles. The fourth-order valence-electron chi connectivity index (χ4n) is 2.83. The number of carbonyl (C=O) groups excluding carboxylic acids is 1. The number of nitrogens with zero attached hydrogens (tertiary/aromatic N) is 2. The smallest absolute Gasteiger partial charge is 0.345 e. The van der Waals surface area contributed by atoms with Crippen LogP contribution in [0.3, 0.4) is 0 Å². The van der Waals surface area contributed by atoms with Gasteiger partial charge >= 0.3 is 5.97 Å². The Kier molecular flexibility index (Phi) is 4.11.